The van der Waals surface area contributed by atoms with Gasteiger partial charge in [0.2, 0.25) is 0 Å². The van der Waals surface area contributed by atoms with Crippen LogP contribution in [0.5, 0.6) is 0 Å². The fourth-order valence-electron chi connectivity index (χ4n) is 2.66. The summed E-state index contributed by atoms with van der Waals surface area (Å²) in [5.74, 6) is 2.40. The summed E-state index contributed by atoms with van der Waals surface area (Å²) in [6.45, 7) is 6.37. The van der Waals surface area contributed by atoms with E-state index in [1.165, 1.54) is 24.0 Å². The average Bonchev–Trinajstić information content (AvgIpc) is 3.21. The molecule has 1 N–H and O–H groups in total. The van der Waals surface area contributed by atoms with Crippen LogP contribution >= 0.6 is 11.8 Å². The molecule has 0 aromatic heterocycles. The molecule has 3 heteroatoms. The summed E-state index contributed by atoms with van der Waals surface area (Å²) in [6, 6.07) is 11.6. The first-order valence-electron chi connectivity index (χ1n) is 7.38. The highest BCUT2D eigenvalue weighted by Crippen LogP contribution is 2.41. The molecule has 0 bridgehead atoms. The zero-order chi connectivity index (χ0) is 14.6. The van der Waals surface area contributed by atoms with E-state index in [0.29, 0.717) is 12.0 Å². The molecular weight excluding hydrogens is 264 g/mol. The third-order valence-electron chi connectivity index (χ3n) is 3.70. The van der Waals surface area contributed by atoms with E-state index >= 15 is 0 Å². The number of nitrogens with zero attached hydrogens (tertiary/aromatic N) is 1. The van der Waals surface area contributed by atoms with Crippen LogP contribution in [0, 0.1) is 24.2 Å². The summed E-state index contributed by atoms with van der Waals surface area (Å²) in [7, 11) is 0. The minimum absolute atomic E-state index is 0.331. The van der Waals surface area contributed by atoms with E-state index < -0.39 is 0 Å². The van der Waals surface area contributed by atoms with Gasteiger partial charge in [0.1, 0.15) is 5.54 Å². The molecule has 0 radical (unpaired) electrons. The molecule has 20 heavy (non-hydrogen) atoms. The predicted octanol–water partition coefficient (Wildman–Crippen LogP) is 3.90. The maximum atomic E-state index is 9.65. The normalized spacial score (nSPS) is 17.8. The molecule has 2 nitrogen and oxygen atoms in total. The van der Waals surface area contributed by atoms with E-state index in [4.69, 9.17) is 0 Å². The van der Waals surface area contributed by atoms with Crippen LogP contribution in [-0.4, -0.2) is 17.3 Å². The van der Waals surface area contributed by atoms with Gasteiger partial charge in [-0.3, -0.25) is 5.32 Å². The van der Waals surface area contributed by atoms with E-state index in [0.717, 1.165) is 11.5 Å². The molecule has 1 aromatic carbocycles. The Balaban J connectivity index is 1.94. The number of hydrogen-bond donors (Lipinski definition) is 1. The number of rotatable bonds is 7. The smallest absolute Gasteiger partial charge is 0.118 e. The van der Waals surface area contributed by atoms with Crippen molar-refractivity contribution >= 4 is 11.8 Å². The third-order valence-corrected chi connectivity index (χ3v) is 4.90. The minimum Gasteiger partial charge on any atom is -0.296 e. The molecule has 1 aromatic rings. The van der Waals surface area contributed by atoms with Crippen molar-refractivity contribution in [2.24, 2.45) is 5.92 Å². The predicted molar refractivity (Wildman–Crippen MR) is 86.7 cm³/mol. The lowest BCUT2D eigenvalue weighted by molar-refractivity contribution is 0.370. The molecule has 1 unspecified atom stereocenters. The van der Waals surface area contributed by atoms with Crippen molar-refractivity contribution in [1.82, 2.24) is 5.32 Å². The van der Waals surface area contributed by atoms with Crippen LogP contribution in [0.3, 0.4) is 0 Å². The molecule has 0 spiro atoms. The average molecular weight is 288 g/mol. The van der Waals surface area contributed by atoms with Gasteiger partial charge in [-0.2, -0.15) is 17.0 Å². The van der Waals surface area contributed by atoms with Gasteiger partial charge in [-0.25, -0.2) is 0 Å². The molecule has 0 aliphatic heterocycles. The van der Waals surface area contributed by atoms with E-state index in [1.54, 1.807) is 0 Å². The van der Waals surface area contributed by atoms with Crippen molar-refractivity contribution in [2.45, 2.75) is 50.9 Å². The Morgan fingerprint density at radius 1 is 1.45 bits per heavy atom. The van der Waals surface area contributed by atoms with E-state index in [1.807, 2.05) is 11.8 Å². The number of nitriles is 1. The minimum atomic E-state index is -0.331. The Bertz CT molecular complexity index is 488. The summed E-state index contributed by atoms with van der Waals surface area (Å²) >= 11 is 1.87. The standard InChI is InChI=1S/C17H24N2S/c1-13(2)19-17(11-18,16-7-8-16)12-20-10-15-6-4-5-14(3)9-15/h4-6,9,13,16,19H,7-8,10,12H2,1-3H3. The molecular formula is C17H24N2S. The Hall–Kier alpha value is -0.980. The maximum absolute atomic E-state index is 9.65. The molecule has 108 valence electrons. The number of thioether (sulfide) groups is 1. The first-order chi connectivity index (χ1) is 9.55. The van der Waals surface area contributed by atoms with Crippen molar-refractivity contribution in [3.8, 4) is 6.07 Å². The Morgan fingerprint density at radius 3 is 2.75 bits per heavy atom. The second-order valence-corrected chi connectivity index (χ2v) is 7.12. The highest BCUT2D eigenvalue weighted by atomic mass is 32.2. The van der Waals surface area contributed by atoms with Gasteiger partial charge < -0.3 is 0 Å². The fourth-order valence-corrected chi connectivity index (χ4v) is 3.88. The second kappa shape index (κ2) is 6.65. The first-order valence-corrected chi connectivity index (χ1v) is 8.53. The van der Waals surface area contributed by atoms with Gasteiger partial charge in [0.15, 0.2) is 0 Å². The molecule has 1 aliphatic rings. The van der Waals surface area contributed by atoms with Crippen LogP contribution in [0.1, 0.15) is 37.8 Å². The number of benzene rings is 1. The zero-order valence-electron chi connectivity index (χ0n) is 12.6. The Kier molecular flexibility index (Phi) is 5.12. The summed E-state index contributed by atoms with van der Waals surface area (Å²) < 4.78 is 0. The van der Waals surface area contributed by atoms with Gasteiger partial charge in [-0.1, -0.05) is 29.8 Å². The van der Waals surface area contributed by atoms with Crippen LogP contribution in [0.15, 0.2) is 24.3 Å². The van der Waals surface area contributed by atoms with Crippen LogP contribution in [-0.2, 0) is 5.75 Å². The zero-order valence-corrected chi connectivity index (χ0v) is 13.5. The topological polar surface area (TPSA) is 35.8 Å². The maximum Gasteiger partial charge on any atom is 0.118 e. The summed E-state index contributed by atoms with van der Waals surface area (Å²) in [4.78, 5) is 0. The highest BCUT2D eigenvalue weighted by Gasteiger charge is 2.45. The van der Waals surface area contributed by atoms with E-state index in [9.17, 15) is 5.26 Å². The van der Waals surface area contributed by atoms with Gasteiger partial charge >= 0.3 is 0 Å². The number of aryl methyl sites for hydroxylation is 1. The van der Waals surface area contributed by atoms with Crippen molar-refractivity contribution in [1.29, 1.82) is 5.26 Å². The molecule has 2 rings (SSSR count). The van der Waals surface area contributed by atoms with Crippen molar-refractivity contribution in [2.75, 3.05) is 5.75 Å². The van der Waals surface area contributed by atoms with Crippen LogP contribution in [0.4, 0.5) is 0 Å². The molecule has 0 heterocycles. The van der Waals surface area contributed by atoms with E-state index in [-0.39, 0.29) is 5.54 Å². The molecule has 1 saturated carbocycles. The van der Waals surface area contributed by atoms with Gasteiger partial charge in [-0.15, -0.1) is 0 Å². The highest BCUT2D eigenvalue weighted by molar-refractivity contribution is 7.98. The van der Waals surface area contributed by atoms with Crippen LogP contribution in [0.25, 0.3) is 0 Å². The van der Waals surface area contributed by atoms with Crippen molar-refractivity contribution in [3.05, 3.63) is 35.4 Å². The van der Waals surface area contributed by atoms with Crippen LogP contribution in [0.2, 0.25) is 0 Å². The summed E-state index contributed by atoms with van der Waals surface area (Å²) in [5, 5.41) is 13.2. The van der Waals surface area contributed by atoms with E-state index in [2.05, 4.69) is 56.4 Å². The van der Waals surface area contributed by atoms with Crippen LogP contribution < -0.4 is 5.32 Å². The van der Waals surface area contributed by atoms with Crippen molar-refractivity contribution in [3.63, 3.8) is 0 Å². The molecule has 0 amide bonds. The summed E-state index contributed by atoms with van der Waals surface area (Å²) in [5.41, 5.74) is 2.32. The lowest BCUT2D eigenvalue weighted by atomic mass is 9.96. The molecule has 1 fully saturated rings. The van der Waals surface area contributed by atoms with Gasteiger partial charge in [0.05, 0.1) is 6.07 Å². The number of hydrogen-bond acceptors (Lipinski definition) is 3. The largest absolute Gasteiger partial charge is 0.296 e. The first kappa shape index (κ1) is 15.4. The quantitative estimate of drug-likeness (QED) is 0.826. The lowest BCUT2D eigenvalue weighted by Crippen LogP contribution is -2.51. The molecule has 1 atom stereocenters. The van der Waals surface area contributed by atoms with Gasteiger partial charge in [-0.05, 0) is 45.1 Å². The fraction of sp³-hybridized carbons (Fsp3) is 0.588. The van der Waals surface area contributed by atoms with Crippen molar-refractivity contribution < 1.29 is 0 Å². The lowest BCUT2D eigenvalue weighted by Gasteiger charge is -2.30. The SMILES string of the molecule is Cc1cccc(CSCC(C#N)(NC(C)C)C2CC2)c1. The van der Waals surface area contributed by atoms with Gasteiger partial charge in [0, 0.05) is 17.5 Å². The molecule has 0 saturated heterocycles. The third kappa shape index (κ3) is 4.01. The number of nitrogens with one attached hydrogen (secondary N) is 1. The Labute approximate surface area is 127 Å². The van der Waals surface area contributed by atoms with Gasteiger partial charge in [0.25, 0.3) is 0 Å². The second-order valence-electron chi connectivity index (χ2n) is 6.14. The Morgan fingerprint density at radius 2 is 2.20 bits per heavy atom. The summed E-state index contributed by atoms with van der Waals surface area (Å²) in [6.07, 6.45) is 2.39. The monoisotopic (exact) mass is 288 g/mol. The molecule has 1 aliphatic carbocycles.